The Morgan fingerprint density at radius 3 is 2.46 bits per heavy atom. The van der Waals surface area contributed by atoms with Gasteiger partial charge >= 0.3 is 7.12 Å². The summed E-state index contributed by atoms with van der Waals surface area (Å²) >= 11 is 6.34. The maximum atomic E-state index is 9.58. The molecule has 4 rings (SSSR count). The van der Waals surface area contributed by atoms with Gasteiger partial charge in [-0.15, -0.1) is 0 Å². The van der Waals surface area contributed by atoms with Crippen LogP contribution in [0.4, 0.5) is 28.8 Å². The van der Waals surface area contributed by atoms with Crippen molar-refractivity contribution in [1.82, 2.24) is 14.9 Å². The molecule has 0 radical (unpaired) electrons. The fourth-order valence-corrected chi connectivity index (χ4v) is 4.49. The third kappa shape index (κ3) is 6.55. The number of halogens is 1. The molecule has 2 aromatic carbocycles. The molecule has 2 heterocycles. The zero-order chi connectivity index (χ0) is 26.5. The maximum Gasteiger partial charge on any atom is 0.488 e. The fraction of sp³-hybridized carbons (Fsp3) is 0.360. The number of piperidine rings is 1. The first-order chi connectivity index (χ1) is 17.8. The lowest BCUT2D eigenvalue weighted by Gasteiger charge is -2.36. The summed E-state index contributed by atoms with van der Waals surface area (Å²) in [5.74, 6) is 1.78. The first kappa shape index (κ1) is 26.8. The number of hydrogen-bond donors (Lipinski definition) is 4. The molecule has 196 valence electrons. The van der Waals surface area contributed by atoms with Crippen molar-refractivity contribution in [1.29, 1.82) is 0 Å². The van der Waals surface area contributed by atoms with E-state index in [0.29, 0.717) is 40.0 Å². The van der Waals surface area contributed by atoms with Crippen molar-refractivity contribution in [3.8, 4) is 11.5 Å². The van der Waals surface area contributed by atoms with E-state index in [4.69, 9.17) is 21.1 Å². The Balaban J connectivity index is 1.52. The number of nitrogens with zero attached hydrogens (tertiary/aromatic N) is 4. The van der Waals surface area contributed by atoms with Crippen molar-refractivity contribution in [2.45, 2.75) is 18.9 Å². The average molecular weight is 527 g/mol. The zero-order valence-electron chi connectivity index (χ0n) is 21.4. The number of anilines is 5. The molecule has 0 bridgehead atoms. The Hall–Kier alpha value is -3.25. The molecule has 1 aliphatic rings. The van der Waals surface area contributed by atoms with Crippen LogP contribution < -0.4 is 30.5 Å². The van der Waals surface area contributed by atoms with Crippen molar-refractivity contribution in [2.24, 2.45) is 0 Å². The quantitative estimate of drug-likeness (QED) is 0.310. The van der Waals surface area contributed by atoms with E-state index in [0.717, 1.165) is 37.3 Å². The highest BCUT2D eigenvalue weighted by molar-refractivity contribution is 6.58. The van der Waals surface area contributed by atoms with Gasteiger partial charge in [0.25, 0.3) is 0 Å². The SMILES string of the molecule is COc1cc(Nc2nc(Nc3ccc(N4CCC(N(C)C)CC4)cc3OC)ncc2Cl)cc(B(O)O)c1. The monoisotopic (exact) mass is 526 g/mol. The second-order valence-electron chi connectivity index (χ2n) is 9.08. The fourth-order valence-electron chi connectivity index (χ4n) is 4.35. The highest BCUT2D eigenvalue weighted by Gasteiger charge is 2.22. The summed E-state index contributed by atoms with van der Waals surface area (Å²) in [6.45, 7) is 1.99. The molecule has 10 nitrogen and oxygen atoms in total. The van der Waals surface area contributed by atoms with E-state index in [1.54, 1.807) is 19.2 Å². The number of rotatable bonds is 9. The maximum absolute atomic E-state index is 9.58. The van der Waals surface area contributed by atoms with Gasteiger partial charge in [0.15, 0.2) is 5.82 Å². The van der Waals surface area contributed by atoms with Gasteiger partial charge in [0.2, 0.25) is 5.95 Å². The average Bonchev–Trinajstić information content (AvgIpc) is 2.90. The van der Waals surface area contributed by atoms with Crippen LogP contribution in [0.1, 0.15) is 12.8 Å². The van der Waals surface area contributed by atoms with E-state index in [1.165, 1.54) is 19.4 Å². The second kappa shape index (κ2) is 11.9. The molecule has 1 aromatic heterocycles. The summed E-state index contributed by atoms with van der Waals surface area (Å²) in [5, 5.41) is 25.7. The molecule has 0 atom stereocenters. The van der Waals surface area contributed by atoms with E-state index in [2.05, 4.69) is 50.6 Å². The predicted octanol–water partition coefficient (Wildman–Crippen LogP) is 2.84. The standard InChI is InChI=1S/C25H32BClN6O4/c1-32(2)18-7-9-33(10-8-18)19-5-6-22(23(14-19)37-4)30-25-28-15-21(27)24(31-25)29-17-11-16(26(34)35)12-20(13-17)36-3/h5-6,11-15,18,34-35H,7-10H2,1-4H3,(H2,28,29,30,31). The summed E-state index contributed by atoms with van der Waals surface area (Å²) in [6.07, 6.45) is 3.72. The summed E-state index contributed by atoms with van der Waals surface area (Å²) in [5.41, 5.74) is 2.61. The molecule has 1 saturated heterocycles. The minimum Gasteiger partial charge on any atom is -0.497 e. The predicted molar refractivity (Wildman–Crippen MR) is 148 cm³/mol. The minimum absolute atomic E-state index is 0.265. The van der Waals surface area contributed by atoms with Gasteiger partial charge in [-0.3, -0.25) is 0 Å². The molecule has 12 heteroatoms. The molecule has 0 saturated carbocycles. The van der Waals surface area contributed by atoms with Crippen LogP contribution in [-0.2, 0) is 0 Å². The van der Waals surface area contributed by atoms with Crippen molar-refractivity contribution in [3.05, 3.63) is 47.6 Å². The first-order valence-electron chi connectivity index (χ1n) is 12.0. The Kier molecular flexibility index (Phi) is 8.60. The van der Waals surface area contributed by atoms with Crippen LogP contribution in [0.15, 0.2) is 42.6 Å². The Morgan fingerprint density at radius 2 is 1.81 bits per heavy atom. The molecule has 0 spiro atoms. The third-order valence-electron chi connectivity index (χ3n) is 6.46. The first-order valence-corrected chi connectivity index (χ1v) is 12.4. The Labute approximate surface area is 222 Å². The van der Waals surface area contributed by atoms with Gasteiger partial charge in [0.05, 0.1) is 26.1 Å². The number of benzene rings is 2. The lowest BCUT2D eigenvalue weighted by atomic mass is 9.80. The topological polar surface area (TPSA) is 115 Å². The second-order valence-corrected chi connectivity index (χ2v) is 9.48. The van der Waals surface area contributed by atoms with Crippen LogP contribution in [0.3, 0.4) is 0 Å². The number of nitrogens with one attached hydrogen (secondary N) is 2. The third-order valence-corrected chi connectivity index (χ3v) is 6.74. The molecular weight excluding hydrogens is 495 g/mol. The van der Waals surface area contributed by atoms with Crippen LogP contribution in [0.25, 0.3) is 0 Å². The number of hydrogen-bond acceptors (Lipinski definition) is 10. The molecule has 1 fully saturated rings. The van der Waals surface area contributed by atoms with E-state index in [-0.39, 0.29) is 5.46 Å². The summed E-state index contributed by atoms with van der Waals surface area (Å²) in [6, 6.07) is 11.4. The van der Waals surface area contributed by atoms with Crippen LogP contribution in [-0.4, -0.2) is 79.5 Å². The van der Waals surface area contributed by atoms with Crippen LogP contribution in [0.5, 0.6) is 11.5 Å². The molecule has 0 aliphatic carbocycles. The lowest BCUT2D eigenvalue weighted by molar-refractivity contribution is 0.249. The summed E-state index contributed by atoms with van der Waals surface area (Å²) in [7, 11) is 5.75. The van der Waals surface area contributed by atoms with Crippen molar-refractivity contribution in [2.75, 3.05) is 56.9 Å². The molecule has 37 heavy (non-hydrogen) atoms. The Bertz CT molecular complexity index is 1220. The smallest absolute Gasteiger partial charge is 0.488 e. The molecule has 4 N–H and O–H groups in total. The lowest BCUT2D eigenvalue weighted by Crippen LogP contribution is -2.41. The van der Waals surface area contributed by atoms with Gasteiger partial charge in [-0.1, -0.05) is 11.6 Å². The zero-order valence-corrected chi connectivity index (χ0v) is 22.2. The molecule has 1 aliphatic heterocycles. The van der Waals surface area contributed by atoms with Gasteiger partial charge in [-0.05, 0) is 56.7 Å². The van der Waals surface area contributed by atoms with Crippen LogP contribution >= 0.6 is 11.6 Å². The minimum atomic E-state index is -1.65. The van der Waals surface area contributed by atoms with Crippen LogP contribution in [0.2, 0.25) is 5.02 Å². The van der Waals surface area contributed by atoms with Crippen molar-refractivity contribution < 1.29 is 19.5 Å². The number of methoxy groups -OCH3 is 2. The highest BCUT2D eigenvalue weighted by atomic mass is 35.5. The van der Waals surface area contributed by atoms with Crippen molar-refractivity contribution in [3.63, 3.8) is 0 Å². The molecule has 0 unspecified atom stereocenters. The number of ether oxygens (including phenoxy) is 2. The van der Waals surface area contributed by atoms with Gasteiger partial charge in [-0.25, -0.2) is 4.98 Å². The highest BCUT2D eigenvalue weighted by Crippen LogP contribution is 2.34. The van der Waals surface area contributed by atoms with E-state index in [1.807, 2.05) is 12.1 Å². The van der Waals surface area contributed by atoms with Gasteiger partial charge in [0, 0.05) is 42.6 Å². The molecule has 3 aromatic rings. The van der Waals surface area contributed by atoms with Gasteiger partial charge in [0.1, 0.15) is 16.5 Å². The van der Waals surface area contributed by atoms with E-state index in [9.17, 15) is 10.0 Å². The van der Waals surface area contributed by atoms with Crippen LogP contribution in [0, 0.1) is 0 Å². The molecular formula is C25H32BClN6O4. The van der Waals surface area contributed by atoms with E-state index < -0.39 is 7.12 Å². The van der Waals surface area contributed by atoms with Crippen molar-refractivity contribution >= 4 is 53.0 Å². The normalized spacial score (nSPS) is 14.0. The Morgan fingerprint density at radius 1 is 1.05 bits per heavy atom. The molecule has 0 amide bonds. The largest absolute Gasteiger partial charge is 0.497 e. The summed E-state index contributed by atoms with van der Waals surface area (Å²) < 4.78 is 10.9. The van der Waals surface area contributed by atoms with Gasteiger partial charge < -0.3 is 40.0 Å². The number of aromatic nitrogens is 2. The summed E-state index contributed by atoms with van der Waals surface area (Å²) in [4.78, 5) is 13.5. The van der Waals surface area contributed by atoms with Gasteiger partial charge in [-0.2, -0.15) is 4.98 Å². The van der Waals surface area contributed by atoms with E-state index >= 15 is 0 Å².